The monoisotopic (exact) mass is 342 g/mol. The third-order valence-corrected chi connectivity index (χ3v) is 3.32. The van der Waals surface area contributed by atoms with Crippen LogP contribution in [0.1, 0.15) is 51.4 Å². The van der Waals surface area contributed by atoms with Crippen molar-refractivity contribution in [2.75, 3.05) is 13.1 Å². The lowest BCUT2D eigenvalue weighted by Crippen LogP contribution is -2.32. The van der Waals surface area contributed by atoms with E-state index in [1.807, 2.05) is 13.0 Å². The van der Waals surface area contributed by atoms with E-state index in [1.165, 1.54) is 12.4 Å². The molecule has 0 N–H and O–H groups in total. The van der Waals surface area contributed by atoms with E-state index in [-0.39, 0.29) is 0 Å². The number of aliphatic imine (C=N–C) groups is 1. The Kier molecular flexibility index (Phi) is 8.43. The van der Waals surface area contributed by atoms with Crippen LogP contribution >= 0.6 is 0 Å². The first-order valence-corrected chi connectivity index (χ1v) is 8.23. The SMILES string of the molecule is C/C=C\N=C(/CCc1cnc(C(F)(F)F)nc1)N(CCC)CCC. The largest absolute Gasteiger partial charge is 0.451 e. The van der Waals surface area contributed by atoms with E-state index in [2.05, 4.69) is 33.7 Å². The van der Waals surface area contributed by atoms with Crippen molar-refractivity contribution in [3.8, 4) is 0 Å². The molecule has 0 fully saturated rings. The Hall–Kier alpha value is -1.92. The average Bonchev–Trinajstić information content (AvgIpc) is 2.54. The summed E-state index contributed by atoms with van der Waals surface area (Å²) in [4.78, 5) is 13.5. The second-order valence-corrected chi connectivity index (χ2v) is 5.43. The van der Waals surface area contributed by atoms with Gasteiger partial charge in [0.05, 0.1) is 0 Å². The molecule has 134 valence electrons. The van der Waals surface area contributed by atoms with E-state index in [4.69, 9.17) is 0 Å². The normalized spacial score (nSPS) is 12.8. The summed E-state index contributed by atoms with van der Waals surface area (Å²) in [6, 6.07) is 0. The molecular formula is C17H25F3N4. The molecule has 0 bridgehead atoms. The highest BCUT2D eigenvalue weighted by Crippen LogP contribution is 2.25. The molecule has 4 nitrogen and oxygen atoms in total. The quantitative estimate of drug-likeness (QED) is 0.516. The van der Waals surface area contributed by atoms with Crippen LogP contribution in [-0.4, -0.2) is 33.8 Å². The third kappa shape index (κ3) is 6.68. The van der Waals surface area contributed by atoms with E-state index in [9.17, 15) is 13.2 Å². The van der Waals surface area contributed by atoms with Crippen LogP contribution in [0, 0.1) is 0 Å². The molecule has 0 saturated heterocycles. The van der Waals surface area contributed by atoms with Gasteiger partial charge in [-0.25, -0.2) is 15.0 Å². The lowest BCUT2D eigenvalue weighted by atomic mass is 10.1. The molecule has 7 heteroatoms. The van der Waals surface area contributed by atoms with Crippen molar-refractivity contribution in [3.05, 3.63) is 36.1 Å². The van der Waals surface area contributed by atoms with Crippen molar-refractivity contribution in [2.45, 2.75) is 52.6 Å². The number of hydrogen-bond donors (Lipinski definition) is 0. The predicted molar refractivity (Wildman–Crippen MR) is 89.8 cm³/mol. The number of halogens is 3. The van der Waals surface area contributed by atoms with E-state index in [0.717, 1.165) is 31.8 Å². The molecule has 24 heavy (non-hydrogen) atoms. The van der Waals surface area contributed by atoms with Crippen LogP contribution in [0.3, 0.4) is 0 Å². The lowest BCUT2D eigenvalue weighted by molar-refractivity contribution is -0.145. The summed E-state index contributed by atoms with van der Waals surface area (Å²) in [5.41, 5.74) is 0.670. The van der Waals surface area contributed by atoms with Gasteiger partial charge in [-0.2, -0.15) is 13.2 Å². The fourth-order valence-electron chi connectivity index (χ4n) is 2.26. The molecule has 0 saturated carbocycles. The van der Waals surface area contributed by atoms with Crippen molar-refractivity contribution < 1.29 is 13.2 Å². The molecule has 1 heterocycles. The fourth-order valence-corrected chi connectivity index (χ4v) is 2.26. The summed E-state index contributed by atoms with van der Waals surface area (Å²) in [5, 5.41) is 0. The van der Waals surface area contributed by atoms with Crippen molar-refractivity contribution in [3.63, 3.8) is 0 Å². The highest BCUT2D eigenvalue weighted by atomic mass is 19.4. The second kappa shape index (κ2) is 10.1. The number of nitrogens with zero attached hydrogens (tertiary/aromatic N) is 4. The summed E-state index contributed by atoms with van der Waals surface area (Å²) in [6.45, 7) is 7.94. The number of alkyl halides is 3. The molecule has 0 atom stereocenters. The maximum Gasteiger partial charge on any atom is 0.451 e. The number of allylic oxidation sites excluding steroid dienone is 1. The minimum absolute atomic E-state index is 0.554. The van der Waals surface area contributed by atoms with E-state index >= 15 is 0 Å². The van der Waals surface area contributed by atoms with Gasteiger partial charge in [-0.1, -0.05) is 19.9 Å². The molecule has 0 aliphatic heterocycles. The Morgan fingerprint density at radius 1 is 1.17 bits per heavy atom. The van der Waals surface area contributed by atoms with Crippen molar-refractivity contribution in [1.29, 1.82) is 0 Å². The van der Waals surface area contributed by atoms with Crippen LogP contribution in [0.15, 0.2) is 29.7 Å². The highest BCUT2D eigenvalue weighted by molar-refractivity contribution is 5.83. The average molecular weight is 342 g/mol. The summed E-state index contributed by atoms with van der Waals surface area (Å²) < 4.78 is 37.5. The molecule has 0 aliphatic rings. The van der Waals surface area contributed by atoms with Gasteiger partial charge in [0.1, 0.15) is 5.84 Å². The van der Waals surface area contributed by atoms with Crippen LogP contribution in [-0.2, 0) is 12.6 Å². The molecular weight excluding hydrogens is 317 g/mol. The van der Waals surface area contributed by atoms with Crippen LogP contribution in [0.5, 0.6) is 0 Å². The molecule has 0 aromatic carbocycles. The fraction of sp³-hybridized carbons (Fsp3) is 0.588. The standard InChI is InChI=1S/C17H25F3N4/c1-4-9-21-15(24(10-5-2)11-6-3)8-7-14-12-22-16(23-13-14)17(18,19)20/h4,9,12-13H,5-8,10-11H2,1-3H3/b9-4-,21-15+. The van der Waals surface area contributed by atoms with Gasteiger partial charge in [-0.15, -0.1) is 0 Å². The van der Waals surface area contributed by atoms with Crippen LogP contribution < -0.4 is 0 Å². The van der Waals surface area contributed by atoms with Crippen molar-refractivity contribution in [1.82, 2.24) is 14.9 Å². The van der Waals surface area contributed by atoms with Crippen LogP contribution in [0.25, 0.3) is 0 Å². The first kappa shape index (κ1) is 20.1. The van der Waals surface area contributed by atoms with Crippen LogP contribution in [0.4, 0.5) is 13.2 Å². The van der Waals surface area contributed by atoms with Crippen molar-refractivity contribution in [2.24, 2.45) is 4.99 Å². The van der Waals surface area contributed by atoms with E-state index < -0.39 is 12.0 Å². The molecule has 0 radical (unpaired) electrons. The Morgan fingerprint density at radius 3 is 2.21 bits per heavy atom. The van der Waals surface area contributed by atoms with E-state index in [0.29, 0.717) is 18.4 Å². The number of aromatic nitrogens is 2. The number of amidine groups is 1. The molecule has 1 rings (SSSR count). The number of aryl methyl sites for hydroxylation is 1. The van der Waals surface area contributed by atoms with Gasteiger partial charge in [-0.05, 0) is 31.7 Å². The first-order chi connectivity index (χ1) is 11.4. The van der Waals surface area contributed by atoms with Gasteiger partial charge in [0.2, 0.25) is 5.82 Å². The molecule has 0 amide bonds. The summed E-state index contributed by atoms with van der Waals surface area (Å²) in [6.07, 6.45) is 4.80. The smallest absolute Gasteiger partial charge is 0.360 e. The van der Waals surface area contributed by atoms with Gasteiger partial charge in [0.15, 0.2) is 0 Å². The molecule has 1 aromatic heterocycles. The minimum Gasteiger partial charge on any atom is -0.360 e. The Balaban J connectivity index is 2.80. The Bertz CT molecular complexity index is 530. The zero-order valence-electron chi connectivity index (χ0n) is 14.5. The van der Waals surface area contributed by atoms with E-state index in [1.54, 1.807) is 6.20 Å². The topological polar surface area (TPSA) is 41.4 Å². The van der Waals surface area contributed by atoms with Gasteiger partial charge in [0, 0.05) is 38.1 Å². The molecule has 0 spiro atoms. The van der Waals surface area contributed by atoms with Gasteiger partial charge in [0.25, 0.3) is 0 Å². The lowest BCUT2D eigenvalue weighted by Gasteiger charge is -2.25. The Morgan fingerprint density at radius 2 is 1.75 bits per heavy atom. The summed E-state index contributed by atoms with van der Waals surface area (Å²) >= 11 is 0. The molecule has 0 unspecified atom stereocenters. The maximum absolute atomic E-state index is 12.5. The predicted octanol–water partition coefficient (Wildman–Crippen LogP) is 4.48. The minimum atomic E-state index is -4.50. The second-order valence-electron chi connectivity index (χ2n) is 5.43. The van der Waals surface area contributed by atoms with Gasteiger partial charge < -0.3 is 4.90 Å². The van der Waals surface area contributed by atoms with Crippen LogP contribution in [0.2, 0.25) is 0 Å². The summed E-state index contributed by atoms with van der Waals surface area (Å²) in [5.74, 6) is -0.163. The highest BCUT2D eigenvalue weighted by Gasteiger charge is 2.34. The number of hydrogen-bond acceptors (Lipinski definition) is 3. The number of rotatable bonds is 8. The summed E-state index contributed by atoms with van der Waals surface area (Å²) in [7, 11) is 0. The van der Waals surface area contributed by atoms with Gasteiger partial charge >= 0.3 is 6.18 Å². The zero-order chi connectivity index (χ0) is 18.0. The van der Waals surface area contributed by atoms with Crippen molar-refractivity contribution >= 4 is 5.84 Å². The molecule has 0 aliphatic carbocycles. The molecule has 1 aromatic rings. The Labute approximate surface area is 141 Å². The zero-order valence-corrected chi connectivity index (χ0v) is 14.5. The van der Waals surface area contributed by atoms with Gasteiger partial charge in [-0.3, -0.25) is 0 Å². The maximum atomic E-state index is 12.5. The first-order valence-electron chi connectivity index (χ1n) is 8.23. The third-order valence-electron chi connectivity index (χ3n) is 3.32.